The highest BCUT2D eigenvalue weighted by Gasteiger charge is 2.32. The lowest BCUT2D eigenvalue weighted by molar-refractivity contribution is 0.118. The molecule has 1 fully saturated rings. The predicted octanol–water partition coefficient (Wildman–Crippen LogP) is 2.08. The van der Waals surface area contributed by atoms with Crippen molar-refractivity contribution in [3.8, 4) is 0 Å². The largest absolute Gasteiger partial charge is 0.380 e. The van der Waals surface area contributed by atoms with Crippen molar-refractivity contribution in [1.29, 1.82) is 0 Å². The number of aryl methyl sites for hydroxylation is 1. The van der Waals surface area contributed by atoms with Gasteiger partial charge in [-0.05, 0) is 31.0 Å². The Morgan fingerprint density at radius 2 is 2.16 bits per heavy atom. The summed E-state index contributed by atoms with van der Waals surface area (Å²) in [7, 11) is 1.78. The Hall–Kier alpha value is -2.31. The number of pyridine rings is 1. The minimum absolute atomic E-state index is 0.245. The van der Waals surface area contributed by atoms with Crippen LogP contribution in [0.1, 0.15) is 17.7 Å². The van der Waals surface area contributed by atoms with Crippen LogP contribution in [0.15, 0.2) is 43.0 Å². The van der Waals surface area contributed by atoms with E-state index in [4.69, 9.17) is 4.74 Å². The minimum atomic E-state index is 0.245. The summed E-state index contributed by atoms with van der Waals surface area (Å²) in [5, 5.41) is 3.51. The number of nitrogens with one attached hydrogen (secondary N) is 1. The molecular weight excluding hydrogens is 314 g/mol. The number of aromatic nitrogens is 3. The highest BCUT2D eigenvalue weighted by Crippen LogP contribution is 2.25. The number of anilines is 1. The zero-order chi connectivity index (χ0) is 17.5. The fourth-order valence-electron chi connectivity index (χ4n) is 3.12. The number of hydrogen-bond acceptors (Lipinski definition) is 6. The van der Waals surface area contributed by atoms with Crippen LogP contribution in [0.2, 0.25) is 0 Å². The summed E-state index contributed by atoms with van der Waals surface area (Å²) in [5.41, 5.74) is 2.15. The molecule has 3 heterocycles. The van der Waals surface area contributed by atoms with Gasteiger partial charge in [-0.15, -0.1) is 0 Å². The van der Waals surface area contributed by atoms with E-state index in [2.05, 4.69) is 37.3 Å². The van der Waals surface area contributed by atoms with Crippen LogP contribution < -0.4 is 10.2 Å². The van der Waals surface area contributed by atoms with Gasteiger partial charge >= 0.3 is 0 Å². The van der Waals surface area contributed by atoms with Crippen LogP contribution >= 0.6 is 0 Å². The first-order chi connectivity index (χ1) is 12.3. The van der Waals surface area contributed by atoms with Gasteiger partial charge in [0, 0.05) is 56.9 Å². The van der Waals surface area contributed by atoms with Gasteiger partial charge in [0.15, 0.2) is 0 Å². The molecule has 1 aliphatic rings. The van der Waals surface area contributed by atoms with Gasteiger partial charge < -0.3 is 15.0 Å². The summed E-state index contributed by atoms with van der Waals surface area (Å²) in [5.74, 6) is 0.978. The third-order valence-corrected chi connectivity index (χ3v) is 4.45. The second-order valence-corrected chi connectivity index (χ2v) is 6.26. The predicted molar refractivity (Wildman–Crippen MR) is 99.5 cm³/mol. The highest BCUT2D eigenvalue weighted by atomic mass is 16.5. The zero-order valence-electron chi connectivity index (χ0n) is 14.8. The smallest absolute Gasteiger partial charge is 0.132 e. The van der Waals surface area contributed by atoms with E-state index in [0.29, 0.717) is 6.04 Å². The second kappa shape index (κ2) is 8.69. The molecule has 0 bridgehead atoms. The van der Waals surface area contributed by atoms with Crippen LogP contribution in [0, 0.1) is 6.92 Å². The van der Waals surface area contributed by atoms with Crippen molar-refractivity contribution in [2.75, 3.05) is 31.6 Å². The molecule has 25 heavy (non-hydrogen) atoms. The van der Waals surface area contributed by atoms with Crippen molar-refractivity contribution in [3.63, 3.8) is 0 Å². The Balaban J connectivity index is 1.55. The van der Waals surface area contributed by atoms with Gasteiger partial charge in [-0.3, -0.25) is 4.98 Å². The molecule has 2 aromatic heterocycles. The monoisotopic (exact) mass is 339 g/mol. The Kier molecular flexibility index (Phi) is 6.09. The van der Waals surface area contributed by atoms with Crippen LogP contribution in [0.25, 0.3) is 6.08 Å². The molecule has 0 saturated carbocycles. The third-order valence-electron chi connectivity index (χ3n) is 4.45. The molecule has 3 rings (SSSR count). The fourth-order valence-corrected chi connectivity index (χ4v) is 3.12. The Labute approximate surface area is 149 Å². The lowest BCUT2D eigenvalue weighted by atomic mass is 10.2. The summed E-state index contributed by atoms with van der Waals surface area (Å²) in [4.78, 5) is 15.0. The standard InChI is InChI=1S/C19H25N5O/c1-15-10-19(23-14-22-15)24-13-18(25-2)11-17(24)12-21-7-3-4-16-5-8-20-9-6-16/h3-6,8-10,14,17-18,21H,7,11-13H2,1-2H3/b4-3+/t17-,18-/m0/s1. The maximum absolute atomic E-state index is 5.58. The summed E-state index contributed by atoms with van der Waals surface area (Å²) in [6.07, 6.45) is 10.7. The van der Waals surface area contributed by atoms with E-state index in [1.54, 1.807) is 25.8 Å². The second-order valence-electron chi connectivity index (χ2n) is 6.26. The molecule has 6 nitrogen and oxygen atoms in total. The van der Waals surface area contributed by atoms with Crippen molar-refractivity contribution in [1.82, 2.24) is 20.3 Å². The Bertz CT molecular complexity index is 691. The minimum Gasteiger partial charge on any atom is -0.380 e. The summed E-state index contributed by atoms with van der Waals surface area (Å²) < 4.78 is 5.58. The van der Waals surface area contributed by atoms with Crippen LogP contribution in [-0.4, -0.2) is 53.8 Å². The number of nitrogens with zero attached hydrogens (tertiary/aromatic N) is 4. The first-order valence-electron chi connectivity index (χ1n) is 8.61. The van der Waals surface area contributed by atoms with E-state index < -0.39 is 0 Å². The van der Waals surface area contributed by atoms with Crippen LogP contribution in [-0.2, 0) is 4.74 Å². The molecule has 0 radical (unpaired) electrons. The lowest BCUT2D eigenvalue weighted by Gasteiger charge is -2.25. The molecule has 2 atom stereocenters. The average Bonchev–Trinajstić information content (AvgIpc) is 3.06. The molecule has 2 aromatic rings. The third kappa shape index (κ3) is 4.84. The molecule has 0 aromatic carbocycles. The van der Waals surface area contributed by atoms with E-state index in [1.807, 2.05) is 25.1 Å². The molecule has 1 N–H and O–H groups in total. The number of rotatable bonds is 7. The number of ether oxygens (including phenoxy) is 1. The molecule has 0 spiro atoms. The van der Waals surface area contributed by atoms with E-state index in [9.17, 15) is 0 Å². The maximum Gasteiger partial charge on any atom is 0.132 e. The SMILES string of the molecule is CO[C@H]1C[C@@H](CNC/C=C/c2ccncc2)N(c2cc(C)ncn2)C1. The highest BCUT2D eigenvalue weighted by molar-refractivity contribution is 5.48. The molecule has 1 aliphatic heterocycles. The van der Waals surface area contributed by atoms with Crippen molar-refractivity contribution >= 4 is 11.9 Å². The van der Waals surface area contributed by atoms with Gasteiger partial charge in [0.1, 0.15) is 12.1 Å². The fraction of sp³-hybridized carbons (Fsp3) is 0.421. The van der Waals surface area contributed by atoms with Crippen molar-refractivity contribution in [3.05, 3.63) is 54.3 Å². The Morgan fingerprint density at radius 3 is 2.92 bits per heavy atom. The molecule has 0 aliphatic carbocycles. The van der Waals surface area contributed by atoms with Gasteiger partial charge in [0.2, 0.25) is 0 Å². The van der Waals surface area contributed by atoms with E-state index >= 15 is 0 Å². The van der Waals surface area contributed by atoms with E-state index in [1.165, 1.54) is 0 Å². The van der Waals surface area contributed by atoms with Gasteiger partial charge in [-0.25, -0.2) is 9.97 Å². The Morgan fingerprint density at radius 1 is 1.32 bits per heavy atom. The average molecular weight is 339 g/mol. The van der Waals surface area contributed by atoms with E-state index in [0.717, 1.165) is 43.1 Å². The quantitative estimate of drug-likeness (QED) is 0.779. The van der Waals surface area contributed by atoms with Gasteiger partial charge in [-0.1, -0.05) is 12.2 Å². The normalized spacial score (nSPS) is 20.5. The summed E-state index contributed by atoms with van der Waals surface area (Å²) >= 11 is 0. The molecule has 6 heteroatoms. The van der Waals surface area contributed by atoms with Gasteiger partial charge in [-0.2, -0.15) is 0 Å². The molecule has 0 amide bonds. The maximum atomic E-state index is 5.58. The van der Waals surface area contributed by atoms with Crippen molar-refractivity contribution < 1.29 is 4.74 Å². The van der Waals surface area contributed by atoms with E-state index in [-0.39, 0.29) is 6.10 Å². The van der Waals surface area contributed by atoms with Crippen molar-refractivity contribution in [2.45, 2.75) is 25.5 Å². The first-order valence-corrected chi connectivity index (χ1v) is 8.61. The van der Waals surface area contributed by atoms with Crippen LogP contribution in [0.5, 0.6) is 0 Å². The van der Waals surface area contributed by atoms with Gasteiger partial charge in [0.25, 0.3) is 0 Å². The zero-order valence-corrected chi connectivity index (χ0v) is 14.8. The van der Waals surface area contributed by atoms with Crippen LogP contribution in [0.4, 0.5) is 5.82 Å². The first kappa shape index (κ1) is 17.5. The summed E-state index contributed by atoms with van der Waals surface area (Å²) in [6.45, 7) is 4.58. The number of methoxy groups -OCH3 is 1. The van der Waals surface area contributed by atoms with Gasteiger partial charge in [0.05, 0.1) is 6.10 Å². The topological polar surface area (TPSA) is 63.2 Å². The lowest BCUT2D eigenvalue weighted by Crippen LogP contribution is -2.38. The molecule has 1 saturated heterocycles. The number of hydrogen-bond donors (Lipinski definition) is 1. The molecule has 0 unspecified atom stereocenters. The van der Waals surface area contributed by atoms with Crippen LogP contribution in [0.3, 0.4) is 0 Å². The molecular formula is C19H25N5O. The van der Waals surface area contributed by atoms with Crippen molar-refractivity contribution in [2.24, 2.45) is 0 Å². The summed E-state index contributed by atoms with van der Waals surface area (Å²) in [6, 6.07) is 6.40. The molecule has 132 valence electrons.